The number of benzene rings is 1. The van der Waals surface area contributed by atoms with Crippen LogP contribution in [0.3, 0.4) is 0 Å². The van der Waals surface area contributed by atoms with Crippen molar-refractivity contribution in [3.05, 3.63) is 48.6 Å². The molecule has 134 valence electrons. The summed E-state index contributed by atoms with van der Waals surface area (Å²) < 4.78 is 18.9. The number of hydrogen-bond acceptors (Lipinski definition) is 5. The van der Waals surface area contributed by atoms with Crippen LogP contribution in [0.25, 0.3) is 0 Å². The minimum atomic E-state index is -1.81. The van der Waals surface area contributed by atoms with Gasteiger partial charge in [-0.15, -0.1) is 0 Å². The molecule has 1 aromatic carbocycles. The van der Waals surface area contributed by atoms with Gasteiger partial charge in [0.05, 0.1) is 19.0 Å². The van der Waals surface area contributed by atoms with Crippen LogP contribution in [-0.4, -0.2) is 65.4 Å². The number of nitrogens with zero attached hydrogens (tertiary/aromatic N) is 1. The Morgan fingerprint density at radius 1 is 1.40 bits per heavy atom. The van der Waals surface area contributed by atoms with E-state index in [-0.39, 0.29) is 19.5 Å². The summed E-state index contributed by atoms with van der Waals surface area (Å²) >= 11 is 0. The van der Waals surface area contributed by atoms with Gasteiger partial charge in [0, 0.05) is 0 Å². The van der Waals surface area contributed by atoms with Crippen molar-refractivity contribution in [2.75, 3.05) is 13.1 Å². The standard InChI is InChI=1S/C16H20BFN2O5/c1-2-15(21)20-9-12(18)13(10-20)25-16(22)19-14(17(23)24)8-11-6-4-3-5-7-11/h2-7,12-14,23-24H,1,8-10H2,(H,19,22)/t12-,13-,14-/m0/s1. The van der Waals surface area contributed by atoms with E-state index < -0.39 is 37.3 Å². The first-order valence-corrected chi connectivity index (χ1v) is 7.83. The molecule has 25 heavy (non-hydrogen) atoms. The number of rotatable bonds is 6. The first-order chi connectivity index (χ1) is 11.9. The Morgan fingerprint density at radius 3 is 2.68 bits per heavy atom. The molecule has 9 heteroatoms. The normalized spacial score (nSPS) is 20.7. The van der Waals surface area contributed by atoms with Gasteiger partial charge in [-0.3, -0.25) is 4.79 Å². The molecule has 0 radical (unpaired) electrons. The molecule has 0 aromatic heterocycles. The highest BCUT2D eigenvalue weighted by Crippen LogP contribution is 2.17. The Balaban J connectivity index is 1.91. The average Bonchev–Trinajstić information content (AvgIpc) is 2.95. The largest absolute Gasteiger partial charge is 0.475 e. The Bertz CT molecular complexity index is 616. The Hall–Kier alpha value is -2.39. The van der Waals surface area contributed by atoms with Crippen LogP contribution in [0.15, 0.2) is 43.0 Å². The third kappa shape index (κ3) is 5.30. The predicted molar refractivity (Wildman–Crippen MR) is 89.2 cm³/mol. The number of halogens is 1. The van der Waals surface area contributed by atoms with Crippen molar-refractivity contribution in [2.24, 2.45) is 0 Å². The Morgan fingerprint density at radius 2 is 2.08 bits per heavy atom. The molecule has 3 N–H and O–H groups in total. The van der Waals surface area contributed by atoms with Crippen molar-refractivity contribution in [1.29, 1.82) is 0 Å². The fourth-order valence-electron chi connectivity index (χ4n) is 2.58. The zero-order chi connectivity index (χ0) is 18.4. The van der Waals surface area contributed by atoms with Gasteiger partial charge >= 0.3 is 13.2 Å². The molecule has 1 aromatic rings. The van der Waals surface area contributed by atoms with E-state index in [1.807, 2.05) is 6.07 Å². The van der Waals surface area contributed by atoms with E-state index in [1.165, 1.54) is 4.90 Å². The number of alkyl halides is 1. The molecule has 1 aliphatic heterocycles. The van der Waals surface area contributed by atoms with Gasteiger partial charge in [0.1, 0.15) is 0 Å². The van der Waals surface area contributed by atoms with E-state index >= 15 is 0 Å². The molecule has 2 amide bonds. The highest BCUT2D eigenvalue weighted by molar-refractivity contribution is 6.43. The van der Waals surface area contributed by atoms with E-state index in [4.69, 9.17) is 4.74 Å². The lowest BCUT2D eigenvalue weighted by atomic mass is 9.76. The number of amides is 2. The fraction of sp³-hybridized carbons (Fsp3) is 0.375. The van der Waals surface area contributed by atoms with Gasteiger partial charge in [-0.25, -0.2) is 9.18 Å². The predicted octanol–water partition coefficient (Wildman–Crippen LogP) is 0.0708. The van der Waals surface area contributed by atoms with Crippen LogP contribution in [0.5, 0.6) is 0 Å². The number of carbonyl (C=O) groups excluding carboxylic acids is 2. The summed E-state index contributed by atoms with van der Waals surface area (Å²) in [7, 11) is -1.81. The fourth-order valence-corrected chi connectivity index (χ4v) is 2.58. The van der Waals surface area contributed by atoms with E-state index in [0.717, 1.165) is 11.6 Å². The number of hydrogen-bond donors (Lipinski definition) is 3. The molecule has 7 nitrogen and oxygen atoms in total. The van der Waals surface area contributed by atoms with Crippen LogP contribution in [0.4, 0.5) is 9.18 Å². The van der Waals surface area contributed by atoms with E-state index in [1.54, 1.807) is 24.3 Å². The Kier molecular flexibility index (Phi) is 6.54. The third-order valence-electron chi connectivity index (χ3n) is 3.90. The van der Waals surface area contributed by atoms with E-state index in [9.17, 15) is 24.0 Å². The van der Waals surface area contributed by atoms with E-state index in [2.05, 4.69) is 11.9 Å². The summed E-state index contributed by atoms with van der Waals surface area (Å²) in [6.07, 6.45) is -2.38. The molecular weight excluding hydrogens is 330 g/mol. The van der Waals surface area contributed by atoms with Crippen LogP contribution in [0.1, 0.15) is 5.56 Å². The minimum Gasteiger partial charge on any atom is -0.441 e. The molecule has 0 aliphatic carbocycles. The van der Waals surface area contributed by atoms with Crippen LogP contribution in [-0.2, 0) is 16.0 Å². The highest BCUT2D eigenvalue weighted by Gasteiger charge is 2.38. The molecule has 1 heterocycles. The van der Waals surface area contributed by atoms with Crippen molar-refractivity contribution >= 4 is 19.1 Å². The quantitative estimate of drug-likeness (QED) is 0.498. The van der Waals surface area contributed by atoms with Crippen molar-refractivity contribution in [3.8, 4) is 0 Å². The van der Waals surface area contributed by atoms with Gasteiger partial charge in [-0.2, -0.15) is 0 Å². The summed E-state index contributed by atoms with van der Waals surface area (Å²) in [4.78, 5) is 24.6. The number of ether oxygens (including phenoxy) is 1. The zero-order valence-corrected chi connectivity index (χ0v) is 13.5. The van der Waals surface area contributed by atoms with Crippen LogP contribution in [0, 0.1) is 0 Å². The number of alkyl carbamates (subject to hydrolysis) is 1. The van der Waals surface area contributed by atoms with Gasteiger partial charge in [-0.05, 0) is 18.1 Å². The summed E-state index contributed by atoms with van der Waals surface area (Å²) in [5, 5.41) is 21.2. The summed E-state index contributed by atoms with van der Waals surface area (Å²) in [6, 6.07) is 8.93. The number of nitrogens with one attached hydrogen (secondary N) is 1. The first-order valence-electron chi connectivity index (χ1n) is 7.83. The Labute approximate surface area is 145 Å². The lowest BCUT2D eigenvalue weighted by Crippen LogP contribution is -2.49. The molecule has 0 unspecified atom stereocenters. The van der Waals surface area contributed by atoms with Crippen LogP contribution < -0.4 is 5.32 Å². The summed E-state index contributed by atoms with van der Waals surface area (Å²) in [5.41, 5.74) is 0.785. The SMILES string of the molecule is C=CC(=O)N1C[C@H](OC(=O)N[C@@H](Cc2ccccc2)B(O)O)[C@@H](F)C1. The molecule has 1 aliphatic rings. The van der Waals surface area contributed by atoms with Crippen LogP contribution >= 0.6 is 0 Å². The second-order valence-corrected chi connectivity index (χ2v) is 5.76. The maximum atomic E-state index is 13.9. The van der Waals surface area contributed by atoms with E-state index in [0.29, 0.717) is 0 Å². The maximum Gasteiger partial charge on any atom is 0.475 e. The van der Waals surface area contributed by atoms with Crippen molar-refractivity contribution < 1.29 is 28.8 Å². The number of carbonyl (C=O) groups is 2. The van der Waals surface area contributed by atoms with Gasteiger partial charge in [0.2, 0.25) is 5.91 Å². The van der Waals surface area contributed by atoms with Gasteiger partial charge in [0.25, 0.3) is 0 Å². The maximum absolute atomic E-state index is 13.9. The monoisotopic (exact) mass is 350 g/mol. The molecule has 1 fully saturated rings. The lowest BCUT2D eigenvalue weighted by Gasteiger charge is -2.20. The minimum absolute atomic E-state index is 0.0789. The second-order valence-electron chi connectivity index (χ2n) is 5.76. The summed E-state index contributed by atoms with van der Waals surface area (Å²) in [6.45, 7) is 3.06. The molecule has 1 saturated heterocycles. The summed E-state index contributed by atoms with van der Waals surface area (Å²) in [5.74, 6) is -1.46. The average molecular weight is 350 g/mol. The highest BCUT2D eigenvalue weighted by atomic mass is 19.1. The third-order valence-corrected chi connectivity index (χ3v) is 3.90. The van der Waals surface area contributed by atoms with Crippen molar-refractivity contribution in [2.45, 2.75) is 24.6 Å². The van der Waals surface area contributed by atoms with Gasteiger partial charge in [-0.1, -0.05) is 36.9 Å². The number of likely N-dealkylation sites (tertiary alicyclic amines) is 1. The molecular formula is C16H20BFN2O5. The molecule has 0 spiro atoms. The molecule has 0 saturated carbocycles. The molecule has 2 rings (SSSR count). The smallest absolute Gasteiger partial charge is 0.441 e. The van der Waals surface area contributed by atoms with Crippen molar-refractivity contribution in [3.63, 3.8) is 0 Å². The van der Waals surface area contributed by atoms with Gasteiger partial charge in [0.15, 0.2) is 12.3 Å². The zero-order valence-electron chi connectivity index (χ0n) is 13.5. The molecule has 3 atom stereocenters. The van der Waals surface area contributed by atoms with Gasteiger partial charge < -0.3 is 25.0 Å². The second kappa shape index (κ2) is 8.64. The topological polar surface area (TPSA) is 99.1 Å². The first kappa shape index (κ1) is 18.9. The molecule has 0 bridgehead atoms. The van der Waals surface area contributed by atoms with Crippen LogP contribution in [0.2, 0.25) is 0 Å². The lowest BCUT2D eigenvalue weighted by molar-refractivity contribution is -0.125. The van der Waals surface area contributed by atoms with Crippen molar-refractivity contribution in [1.82, 2.24) is 10.2 Å².